The van der Waals surface area contributed by atoms with Gasteiger partial charge in [0.2, 0.25) is 0 Å². The third kappa shape index (κ3) is 2.14. The zero-order valence-electron chi connectivity index (χ0n) is 9.27. The normalized spacial score (nSPS) is 10.7. The van der Waals surface area contributed by atoms with Gasteiger partial charge in [-0.05, 0) is 31.4 Å². The van der Waals surface area contributed by atoms with Crippen molar-refractivity contribution in [2.75, 3.05) is 11.1 Å². The van der Waals surface area contributed by atoms with Gasteiger partial charge in [0.05, 0.1) is 5.56 Å². The van der Waals surface area contributed by atoms with E-state index in [1.54, 1.807) is 12.4 Å². The minimum Gasteiger partial charge on any atom is -0.382 e. The Morgan fingerprint density at radius 3 is 2.88 bits per heavy atom. The minimum atomic E-state index is 0.357. The molecule has 0 spiro atoms. The number of aromatic nitrogens is 2. The summed E-state index contributed by atoms with van der Waals surface area (Å²) in [5.74, 6) is 0.557. The smallest absolute Gasteiger partial charge is 0.147 e. The summed E-state index contributed by atoms with van der Waals surface area (Å²) in [5.41, 5.74) is 7.83. The summed E-state index contributed by atoms with van der Waals surface area (Å²) in [6.07, 6.45) is 3.54. The Kier molecular flexibility index (Phi) is 3.05. The monoisotopic (exact) mass is 234 g/mol. The van der Waals surface area contributed by atoms with Crippen molar-refractivity contribution in [3.05, 3.63) is 24.5 Å². The summed E-state index contributed by atoms with van der Waals surface area (Å²) in [5, 5.41) is 4.34. The third-order valence-corrected chi connectivity index (χ3v) is 2.88. The van der Waals surface area contributed by atoms with Crippen molar-refractivity contribution >= 4 is 22.4 Å². The molecule has 2 heterocycles. The summed E-state index contributed by atoms with van der Waals surface area (Å²) >= 11 is 1.39. The predicted molar refractivity (Wildman–Crippen MR) is 68.5 cm³/mol. The number of nitrogens with two attached hydrogens (primary N) is 1. The van der Waals surface area contributed by atoms with Gasteiger partial charge in [-0.25, -0.2) is 0 Å². The predicted octanol–water partition coefficient (Wildman–Crippen LogP) is 2.61. The van der Waals surface area contributed by atoms with Crippen LogP contribution < -0.4 is 11.1 Å². The fraction of sp³-hybridized carbons (Fsp3) is 0.273. The average molecular weight is 234 g/mol. The van der Waals surface area contributed by atoms with Gasteiger partial charge in [0.15, 0.2) is 0 Å². The molecule has 0 saturated carbocycles. The van der Waals surface area contributed by atoms with E-state index in [1.165, 1.54) is 11.5 Å². The molecule has 0 aliphatic heterocycles. The van der Waals surface area contributed by atoms with Crippen LogP contribution in [-0.2, 0) is 0 Å². The van der Waals surface area contributed by atoms with Crippen LogP contribution in [0.1, 0.15) is 13.8 Å². The third-order valence-electron chi connectivity index (χ3n) is 2.09. The molecule has 0 atom stereocenters. The molecule has 5 heteroatoms. The molecule has 4 nitrogen and oxygen atoms in total. The Morgan fingerprint density at radius 2 is 2.25 bits per heavy atom. The molecule has 0 amide bonds. The summed E-state index contributed by atoms with van der Waals surface area (Å²) in [6.45, 7) is 4.17. The average Bonchev–Trinajstić information content (AvgIpc) is 2.60. The largest absolute Gasteiger partial charge is 0.382 e. The second-order valence-electron chi connectivity index (χ2n) is 3.81. The molecule has 84 valence electrons. The molecular formula is C11H14N4S. The zero-order valence-corrected chi connectivity index (χ0v) is 10.1. The van der Waals surface area contributed by atoms with E-state index < -0.39 is 0 Å². The highest BCUT2D eigenvalue weighted by Crippen LogP contribution is 2.36. The molecule has 0 saturated heterocycles. The van der Waals surface area contributed by atoms with E-state index in [0.717, 1.165) is 16.1 Å². The van der Waals surface area contributed by atoms with Gasteiger partial charge in [-0.1, -0.05) is 6.07 Å². The number of nitrogen functional groups attached to an aromatic ring is 1. The van der Waals surface area contributed by atoms with Gasteiger partial charge in [0.1, 0.15) is 10.8 Å². The van der Waals surface area contributed by atoms with E-state index in [2.05, 4.69) is 28.5 Å². The molecule has 2 aromatic heterocycles. The first kappa shape index (κ1) is 10.9. The maximum atomic E-state index is 5.88. The van der Waals surface area contributed by atoms with Gasteiger partial charge < -0.3 is 11.1 Å². The van der Waals surface area contributed by atoms with Gasteiger partial charge in [-0.3, -0.25) is 4.98 Å². The summed E-state index contributed by atoms with van der Waals surface area (Å²) in [4.78, 5) is 4.10. The first-order valence-electron chi connectivity index (χ1n) is 5.10. The van der Waals surface area contributed by atoms with Crippen LogP contribution in [0.15, 0.2) is 24.5 Å². The second-order valence-corrected chi connectivity index (χ2v) is 4.59. The van der Waals surface area contributed by atoms with Crippen molar-refractivity contribution in [1.82, 2.24) is 9.36 Å². The van der Waals surface area contributed by atoms with Crippen molar-refractivity contribution < 1.29 is 0 Å². The van der Waals surface area contributed by atoms with Crippen molar-refractivity contribution in [1.29, 1.82) is 0 Å². The molecule has 0 aliphatic carbocycles. The molecule has 2 rings (SSSR count). The maximum Gasteiger partial charge on any atom is 0.147 e. The Hall–Kier alpha value is -1.62. The number of pyridine rings is 1. The molecule has 0 aliphatic rings. The van der Waals surface area contributed by atoms with E-state index in [9.17, 15) is 0 Å². The molecular weight excluding hydrogens is 220 g/mol. The molecule has 16 heavy (non-hydrogen) atoms. The molecule has 0 radical (unpaired) electrons. The SMILES string of the molecule is CC(C)Nc1snc(N)c1-c1cccnc1. The number of hydrogen-bond donors (Lipinski definition) is 2. The lowest BCUT2D eigenvalue weighted by molar-refractivity contribution is 0.905. The summed E-state index contributed by atoms with van der Waals surface area (Å²) in [7, 11) is 0. The van der Waals surface area contributed by atoms with Crippen LogP contribution in [0.25, 0.3) is 11.1 Å². The van der Waals surface area contributed by atoms with Gasteiger partial charge in [-0.15, -0.1) is 0 Å². The van der Waals surface area contributed by atoms with Crippen LogP contribution in [-0.4, -0.2) is 15.4 Å². The van der Waals surface area contributed by atoms with Gasteiger partial charge in [0, 0.05) is 24.0 Å². The van der Waals surface area contributed by atoms with E-state index in [0.29, 0.717) is 11.9 Å². The van der Waals surface area contributed by atoms with E-state index >= 15 is 0 Å². The highest BCUT2D eigenvalue weighted by atomic mass is 32.1. The molecule has 2 aromatic rings. The Balaban J connectivity index is 2.43. The lowest BCUT2D eigenvalue weighted by Gasteiger charge is -2.09. The molecule has 0 aromatic carbocycles. The van der Waals surface area contributed by atoms with Crippen LogP contribution in [0.3, 0.4) is 0 Å². The number of anilines is 2. The van der Waals surface area contributed by atoms with Crippen molar-refractivity contribution in [2.24, 2.45) is 0 Å². The van der Waals surface area contributed by atoms with Gasteiger partial charge >= 0.3 is 0 Å². The zero-order chi connectivity index (χ0) is 11.5. The minimum absolute atomic E-state index is 0.357. The number of nitrogens with zero attached hydrogens (tertiary/aromatic N) is 2. The highest BCUT2D eigenvalue weighted by Gasteiger charge is 2.13. The van der Waals surface area contributed by atoms with Crippen LogP contribution in [0.2, 0.25) is 0 Å². The van der Waals surface area contributed by atoms with E-state index in [-0.39, 0.29) is 0 Å². The van der Waals surface area contributed by atoms with Gasteiger partial charge in [0.25, 0.3) is 0 Å². The fourth-order valence-corrected chi connectivity index (χ4v) is 2.34. The topological polar surface area (TPSA) is 63.8 Å². The van der Waals surface area contributed by atoms with E-state index in [1.807, 2.05) is 12.1 Å². The Morgan fingerprint density at radius 1 is 1.44 bits per heavy atom. The lowest BCUT2D eigenvalue weighted by atomic mass is 10.1. The van der Waals surface area contributed by atoms with Crippen LogP contribution in [0, 0.1) is 0 Å². The first-order chi connectivity index (χ1) is 7.68. The molecule has 0 bridgehead atoms. The number of nitrogens with one attached hydrogen (secondary N) is 1. The van der Waals surface area contributed by atoms with Crippen molar-refractivity contribution in [3.8, 4) is 11.1 Å². The molecule has 0 unspecified atom stereocenters. The first-order valence-corrected chi connectivity index (χ1v) is 5.88. The fourth-order valence-electron chi connectivity index (χ4n) is 1.45. The quantitative estimate of drug-likeness (QED) is 0.856. The number of hydrogen-bond acceptors (Lipinski definition) is 5. The standard InChI is InChI=1S/C11H14N4S/c1-7(2)14-11-9(10(12)15-16-11)8-4-3-5-13-6-8/h3-7,14H,1-2H3,(H2,12,15). The van der Waals surface area contributed by atoms with Crippen molar-refractivity contribution in [2.45, 2.75) is 19.9 Å². The van der Waals surface area contributed by atoms with Crippen LogP contribution in [0.4, 0.5) is 10.8 Å². The second kappa shape index (κ2) is 4.49. The van der Waals surface area contributed by atoms with Gasteiger partial charge in [-0.2, -0.15) is 4.37 Å². The molecule has 0 fully saturated rings. The highest BCUT2D eigenvalue weighted by molar-refractivity contribution is 7.11. The summed E-state index contributed by atoms with van der Waals surface area (Å²) < 4.78 is 4.18. The summed E-state index contributed by atoms with van der Waals surface area (Å²) in [6, 6.07) is 4.24. The Labute approximate surface area is 98.7 Å². The molecule has 3 N–H and O–H groups in total. The van der Waals surface area contributed by atoms with Crippen molar-refractivity contribution in [3.63, 3.8) is 0 Å². The Bertz CT molecular complexity index is 464. The van der Waals surface area contributed by atoms with Crippen LogP contribution in [0.5, 0.6) is 0 Å². The lowest BCUT2D eigenvalue weighted by Crippen LogP contribution is -2.09. The number of rotatable bonds is 3. The van der Waals surface area contributed by atoms with E-state index in [4.69, 9.17) is 5.73 Å². The maximum absolute atomic E-state index is 5.88. The van der Waals surface area contributed by atoms with Crippen LogP contribution >= 0.6 is 11.5 Å².